The molecule has 0 saturated carbocycles. The SMILES string of the molecule is Cc1ccc(-c2nnc(NC(=O)c3cc(S(=O)(=O)N4CCOCC4)ccc3Cl)s2)cc1. The van der Waals surface area contributed by atoms with Crippen molar-refractivity contribution in [2.24, 2.45) is 0 Å². The molecule has 0 aliphatic carbocycles. The van der Waals surface area contributed by atoms with Crippen LogP contribution in [0.2, 0.25) is 5.02 Å². The van der Waals surface area contributed by atoms with Crippen LogP contribution in [0.1, 0.15) is 15.9 Å². The van der Waals surface area contributed by atoms with Gasteiger partial charge in [0.2, 0.25) is 15.2 Å². The average Bonchev–Trinajstić information content (AvgIpc) is 3.23. The van der Waals surface area contributed by atoms with E-state index in [0.29, 0.717) is 18.2 Å². The molecule has 4 rings (SSSR count). The fourth-order valence-corrected chi connectivity index (χ4v) is 5.41. The lowest BCUT2D eigenvalue weighted by Crippen LogP contribution is -2.40. The van der Waals surface area contributed by atoms with Crippen molar-refractivity contribution in [2.75, 3.05) is 31.6 Å². The smallest absolute Gasteiger partial charge is 0.259 e. The van der Waals surface area contributed by atoms with Gasteiger partial charge in [-0.25, -0.2) is 8.42 Å². The number of carbonyl (C=O) groups excluding carboxylic acids is 1. The van der Waals surface area contributed by atoms with Crippen molar-refractivity contribution in [1.29, 1.82) is 0 Å². The number of ether oxygens (including phenoxy) is 1. The second-order valence-corrected chi connectivity index (χ2v) is 10.2. The number of nitrogens with zero attached hydrogens (tertiary/aromatic N) is 3. The molecule has 1 amide bonds. The maximum absolute atomic E-state index is 12.9. The van der Waals surface area contributed by atoms with Gasteiger partial charge in [-0.2, -0.15) is 4.31 Å². The lowest BCUT2D eigenvalue weighted by Gasteiger charge is -2.26. The molecule has 11 heteroatoms. The summed E-state index contributed by atoms with van der Waals surface area (Å²) in [4.78, 5) is 12.8. The molecule has 2 aromatic carbocycles. The van der Waals surface area contributed by atoms with Crippen LogP contribution in [-0.2, 0) is 14.8 Å². The molecule has 1 N–H and O–H groups in total. The first kappa shape index (κ1) is 21.8. The summed E-state index contributed by atoms with van der Waals surface area (Å²) < 4.78 is 32.3. The Hall–Kier alpha value is -2.37. The predicted molar refractivity (Wildman–Crippen MR) is 119 cm³/mol. The Balaban J connectivity index is 1.55. The molecule has 0 atom stereocenters. The zero-order valence-electron chi connectivity index (χ0n) is 16.5. The van der Waals surface area contributed by atoms with E-state index >= 15 is 0 Å². The van der Waals surface area contributed by atoms with E-state index in [4.69, 9.17) is 16.3 Å². The standard InChI is InChI=1S/C20H19ClN4O4S2/c1-13-2-4-14(5-3-13)19-23-24-20(30-19)22-18(26)16-12-15(6-7-17(16)21)31(27,28)25-8-10-29-11-9-25/h2-7,12H,8-11H2,1H3,(H,22,24,26). The summed E-state index contributed by atoms with van der Waals surface area (Å²) in [6.45, 7) is 3.19. The van der Waals surface area contributed by atoms with E-state index in [9.17, 15) is 13.2 Å². The maximum atomic E-state index is 12.9. The number of aromatic nitrogens is 2. The highest BCUT2D eigenvalue weighted by Crippen LogP contribution is 2.28. The lowest BCUT2D eigenvalue weighted by molar-refractivity contribution is 0.0730. The molecule has 1 saturated heterocycles. The predicted octanol–water partition coefficient (Wildman–Crippen LogP) is 3.44. The number of hydrogen-bond donors (Lipinski definition) is 1. The van der Waals surface area contributed by atoms with Crippen LogP contribution in [0.3, 0.4) is 0 Å². The Morgan fingerprint density at radius 3 is 2.55 bits per heavy atom. The Morgan fingerprint density at radius 2 is 1.84 bits per heavy atom. The molecule has 31 heavy (non-hydrogen) atoms. The minimum Gasteiger partial charge on any atom is -0.379 e. The highest BCUT2D eigenvalue weighted by Gasteiger charge is 2.27. The van der Waals surface area contributed by atoms with Crippen LogP contribution in [0.25, 0.3) is 10.6 Å². The van der Waals surface area contributed by atoms with Gasteiger partial charge >= 0.3 is 0 Å². The molecule has 162 valence electrons. The number of nitrogens with one attached hydrogen (secondary N) is 1. The number of morpholine rings is 1. The van der Waals surface area contributed by atoms with E-state index in [0.717, 1.165) is 11.1 Å². The first-order valence-corrected chi connectivity index (χ1v) is 12.1. The number of rotatable bonds is 5. The average molecular weight is 479 g/mol. The van der Waals surface area contributed by atoms with Crippen LogP contribution in [0.4, 0.5) is 5.13 Å². The first-order valence-electron chi connectivity index (χ1n) is 9.44. The number of carbonyl (C=O) groups is 1. The van der Waals surface area contributed by atoms with E-state index in [-0.39, 0.29) is 33.7 Å². The van der Waals surface area contributed by atoms with Crippen molar-refractivity contribution in [3.63, 3.8) is 0 Å². The molecular weight excluding hydrogens is 460 g/mol. The summed E-state index contributed by atoms with van der Waals surface area (Å²) in [5, 5.41) is 11.9. The number of aryl methyl sites for hydroxylation is 1. The molecule has 0 unspecified atom stereocenters. The van der Waals surface area contributed by atoms with Crippen LogP contribution in [0.15, 0.2) is 47.4 Å². The monoisotopic (exact) mass is 478 g/mol. The highest BCUT2D eigenvalue weighted by atomic mass is 35.5. The van der Waals surface area contributed by atoms with Gasteiger partial charge in [-0.05, 0) is 25.1 Å². The minimum atomic E-state index is -3.75. The summed E-state index contributed by atoms with van der Waals surface area (Å²) in [7, 11) is -3.75. The molecule has 1 aromatic heterocycles. The summed E-state index contributed by atoms with van der Waals surface area (Å²) in [5.41, 5.74) is 2.06. The quantitative estimate of drug-likeness (QED) is 0.602. The van der Waals surface area contributed by atoms with Crippen molar-refractivity contribution in [1.82, 2.24) is 14.5 Å². The fraction of sp³-hybridized carbons (Fsp3) is 0.250. The Kier molecular flexibility index (Phi) is 6.35. The Morgan fingerprint density at radius 1 is 1.13 bits per heavy atom. The van der Waals surface area contributed by atoms with Crippen molar-refractivity contribution in [3.05, 3.63) is 58.6 Å². The van der Waals surface area contributed by atoms with Crippen molar-refractivity contribution >= 4 is 44.0 Å². The van der Waals surface area contributed by atoms with Crippen LogP contribution >= 0.6 is 22.9 Å². The lowest BCUT2D eigenvalue weighted by atomic mass is 10.2. The van der Waals surface area contributed by atoms with Gasteiger partial charge < -0.3 is 4.74 Å². The van der Waals surface area contributed by atoms with Crippen molar-refractivity contribution in [2.45, 2.75) is 11.8 Å². The van der Waals surface area contributed by atoms with Crippen LogP contribution in [0, 0.1) is 6.92 Å². The number of amides is 1. The highest BCUT2D eigenvalue weighted by molar-refractivity contribution is 7.89. The Labute approximate surface area is 188 Å². The minimum absolute atomic E-state index is 0.00144. The number of hydrogen-bond acceptors (Lipinski definition) is 7. The van der Waals surface area contributed by atoms with Gasteiger partial charge in [0.25, 0.3) is 5.91 Å². The number of anilines is 1. The van der Waals surface area contributed by atoms with Crippen LogP contribution in [-0.4, -0.2) is 55.1 Å². The molecule has 1 aliphatic heterocycles. The molecule has 8 nitrogen and oxygen atoms in total. The second kappa shape index (κ2) is 9.01. The van der Waals surface area contributed by atoms with Gasteiger partial charge in [0.05, 0.1) is 28.7 Å². The number of halogens is 1. The van der Waals surface area contributed by atoms with E-state index in [1.54, 1.807) is 0 Å². The summed E-state index contributed by atoms with van der Waals surface area (Å²) in [5.74, 6) is -0.560. The number of benzene rings is 2. The van der Waals surface area contributed by atoms with E-state index in [2.05, 4.69) is 15.5 Å². The third kappa shape index (κ3) is 4.78. The summed E-state index contributed by atoms with van der Waals surface area (Å²) in [6, 6.07) is 11.9. The summed E-state index contributed by atoms with van der Waals surface area (Å²) >= 11 is 7.40. The molecule has 0 bridgehead atoms. The van der Waals surface area contributed by atoms with Crippen LogP contribution < -0.4 is 5.32 Å². The zero-order valence-corrected chi connectivity index (χ0v) is 18.9. The van der Waals surface area contributed by atoms with E-state index in [1.165, 1.54) is 33.8 Å². The van der Waals surface area contributed by atoms with Gasteiger partial charge in [-0.1, -0.05) is 52.8 Å². The van der Waals surface area contributed by atoms with Gasteiger partial charge in [0, 0.05) is 18.7 Å². The summed E-state index contributed by atoms with van der Waals surface area (Å²) in [6.07, 6.45) is 0. The Bertz CT molecular complexity index is 1210. The third-order valence-electron chi connectivity index (χ3n) is 4.73. The molecule has 3 aromatic rings. The van der Waals surface area contributed by atoms with Gasteiger partial charge in [0.1, 0.15) is 5.01 Å². The van der Waals surface area contributed by atoms with Crippen molar-refractivity contribution < 1.29 is 17.9 Å². The largest absolute Gasteiger partial charge is 0.379 e. The first-order chi connectivity index (χ1) is 14.8. The maximum Gasteiger partial charge on any atom is 0.259 e. The second-order valence-electron chi connectivity index (χ2n) is 6.89. The number of sulfonamides is 1. The topological polar surface area (TPSA) is 101 Å². The zero-order chi connectivity index (χ0) is 22.0. The molecule has 0 spiro atoms. The van der Waals surface area contributed by atoms with Gasteiger partial charge in [0.15, 0.2) is 0 Å². The molecule has 2 heterocycles. The van der Waals surface area contributed by atoms with Crippen LogP contribution in [0.5, 0.6) is 0 Å². The molecule has 0 radical (unpaired) electrons. The molecule has 1 fully saturated rings. The van der Waals surface area contributed by atoms with Crippen molar-refractivity contribution in [3.8, 4) is 10.6 Å². The fourth-order valence-electron chi connectivity index (χ4n) is 3.03. The van der Waals surface area contributed by atoms with E-state index in [1.807, 2.05) is 31.2 Å². The normalized spacial score (nSPS) is 15.0. The molecular formula is C20H19ClN4O4S2. The molecule has 1 aliphatic rings. The van der Waals surface area contributed by atoms with E-state index < -0.39 is 15.9 Å². The van der Waals surface area contributed by atoms with Gasteiger partial charge in [-0.3, -0.25) is 10.1 Å². The van der Waals surface area contributed by atoms with Gasteiger partial charge in [-0.15, -0.1) is 10.2 Å². The third-order valence-corrected chi connectivity index (χ3v) is 7.85.